The molecule has 0 saturated carbocycles. The highest BCUT2D eigenvalue weighted by molar-refractivity contribution is 5.47. The van der Waals surface area contributed by atoms with Crippen LogP contribution >= 0.6 is 0 Å². The Labute approximate surface area is 95.5 Å². The average molecular weight is 223 g/mol. The van der Waals surface area contributed by atoms with Crippen LogP contribution < -0.4 is 5.32 Å². The standard InChI is InChI=1S/C13H18FNO/c1-8-7-11(14)9(2)12(13(8)16)10-3-5-15-6-4-10/h7,10,15-16H,3-6H2,1-2H3. The van der Waals surface area contributed by atoms with Crippen molar-refractivity contribution in [3.8, 4) is 5.75 Å². The number of rotatable bonds is 1. The second kappa shape index (κ2) is 4.42. The Morgan fingerprint density at radius 2 is 1.94 bits per heavy atom. The fourth-order valence-corrected chi connectivity index (χ4v) is 2.50. The van der Waals surface area contributed by atoms with Crippen molar-refractivity contribution >= 4 is 0 Å². The first-order chi connectivity index (χ1) is 7.61. The number of hydrogen-bond acceptors (Lipinski definition) is 2. The van der Waals surface area contributed by atoms with Crippen LogP contribution in [-0.4, -0.2) is 18.2 Å². The van der Waals surface area contributed by atoms with Gasteiger partial charge in [0, 0.05) is 5.56 Å². The maximum atomic E-state index is 13.6. The lowest BCUT2D eigenvalue weighted by atomic mass is 9.85. The predicted molar refractivity (Wildman–Crippen MR) is 62.4 cm³/mol. The molecule has 0 aliphatic carbocycles. The minimum atomic E-state index is -0.205. The first kappa shape index (κ1) is 11.4. The number of phenols is 1. The molecule has 2 N–H and O–H groups in total. The molecule has 1 saturated heterocycles. The van der Waals surface area contributed by atoms with Gasteiger partial charge in [-0.15, -0.1) is 0 Å². The third kappa shape index (κ3) is 1.92. The number of phenolic OH excluding ortho intramolecular Hbond substituents is 1. The van der Waals surface area contributed by atoms with Crippen LogP contribution in [-0.2, 0) is 0 Å². The third-order valence-corrected chi connectivity index (χ3v) is 3.48. The third-order valence-electron chi connectivity index (χ3n) is 3.48. The summed E-state index contributed by atoms with van der Waals surface area (Å²) in [5, 5.41) is 13.3. The summed E-state index contributed by atoms with van der Waals surface area (Å²) in [4.78, 5) is 0. The van der Waals surface area contributed by atoms with Gasteiger partial charge in [-0.3, -0.25) is 0 Å². The Balaban J connectivity index is 2.45. The van der Waals surface area contributed by atoms with Crippen LogP contribution in [0.1, 0.15) is 35.4 Å². The maximum Gasteiger partial charge on any atom is 0.126 e. The summed E-state index contributed by atoms with van der Waals surface area (Å²) in [7, 11) is 0. The topological polar surface area (TPSA) is 32.3 Å². The van der Waals surface area contributed by atoms with Crippen LogP contribution in [0.3, 0.4) is 0 Å². The van der Waals surface area contributed by atoms with Gasteiger partial charge in [-0.05, 0) is 62.9 Å². The van der Waals surface area contributed by atoms with Gasteiger partial charge < -0.3 is 10.4 Å². The van der Waals surface area contributed by atoms with Gasteiger partial charge in [-0.2, -0.15) is 0 Å². The SMILES string of the molecule is Cc1cc(F)c(C)c(C2CCNCC2)c1O. The highest BCUT2D eigenvalue weighted by Crippen LogP contribution is 2.37. The summed E-state index contributed by atoms with van der Waals surface area (Å²) >= 11 is 0. The van der Waals surface area contributed by atoms with Gasteiger partial charge in [0.15, 0.2) is 0 Å². The van der Waals surface area contributed by atoms with E-state index in [1.165, 1.54) is 6.07 Å². The van der Waals surface area contributed by atoms with E-state index in [-0.39, 0.29) is 17.5 Å². The Morgan fingerprint density at radius 3 is 2.56 bits per heavy atom. The van der Waals surface area contributed by atoms with Gasteiger partial charge in [-0.1, -0.05) is 0 Å². The fourth-order valence-electron chi connectivity index (χ4n) is 2.50. The van der Waals surface area contributed by atoms with Crippen LogP contribution in [0.25, 0.3) is 0 Å². The molecule has 1 aliphatic heterocycles. The molecule has 88 valence electrons. The fraction of sp³-hybridized carbons (Fsp3) is 0.538. The predicted octanol–water partition coefficient (Wildman–Crippen LogP) is 2.62. The normalized spacial score (nSPS) is 17.7. The molecule has 1 aromatic rings. The molecule has 2 rings (SSSR count). The summed E-state index contributed by atoms with van der Waals surface area (Å²) in [5.74, 6) is 0.366. The molecule has 0 aromatic heterocycles. The van der Waals surface area contributed by atoms with Crippen molar-refractivity contribution in [2.75, 3.05) is 13.1 Å². The van der Waals surface area contributed by atoms with Crippen molar-refractivity contribution in [2.45, 2.75) is 32.6 Å². The zero-order valence-electron chi connectivity index (χ0n) is 9.81. The van der Waals surface area contributed by atoms with Crippen molar-refractivity contribution in [3.63, 3.8) is 0 Å². The van der Waals surface area contributed by atoms with Crippen LogP contribution in [0.4, 0.5) is 4.39 Å². The van der Waals surface area contributed by atoms with E-state index in [0.29, 0.717) is 11.1 Å². The van der Waals surface area contributed by atoms with Gasteiger partial charge >= 0.3 is 0 Å². The number of piperidine rings is 1. The summed E-state index contributed by atoms with van der Waals surface area (Å²) in [6.07, 6.45) is 1.94. The molecule has 0 amide bonds. The quantitative estimate of drug-likeness (QED) is 0.767. The van der Waals surface area contributed by atoms with Crippen LogP contribution in [0.5, 0.6) is 5.75 Å². The highest BCUT2D eigenvalue weighted by Gasteiger charge is 2.23. The number of aromatic hydroxyl groups is 1. The molecule has 16 heavy (non-hydrogen) atoms. The zero-order valence-corrected chi connectivity index (χ0v) is 9.81. The summed E-state index contributed by atoms with van der Waals surface area (Å²) < 4.78 is 13.6. The van der Waals surface area contributed by atoms with Crippen molar-refractivity contribution in [1.29, 1.82) is 0 Å². The number of hydrogen-bond donors (Lipinski definition) is 2. The van der Waals surface area contributed by atoms with Gasteiger partial charge in [0.25, 0.3) is 0 Å². The molecule has 1 fully saturated rings. The Kier molecular flexibility index (Phi) is 3.15. The van der Waals surface area contributed by atoms with E-state index in [0.717, 1.165) is 31.5 Å². The summed E-state index contributed by atoms with van der Waals surface area (Å²) in [6, 6.07) is 1.41. The average Bonchev–Trinajstić information content (AvgIpc) is 2.28. The van der Waals surface area contributed by atoms with Crippen molar-refractivity contribution < 1.29 is 9.50 Å². The first-order valence-electron chi connectivity index (χ1n) is 5.80. The zero-order chi connectivity index (χ0) is 11.7. The van der Waals surface area contributed by atoms with E-state index in [1.54, 1.807) is 13.8 Å². The monoisotopic (exact) mass is 223 g/mol. The molecule has 3 heteroatoms. The number of halogens is 1. The second-order valence-electron chi connectivity index (χ2n) is 4.59. The van der Waals surface area contributed by atoms with Crippen molar-refractivity contribution in [3.05, 3.63) is 28.6 Å². The van der Waals surface area contributed by atoms with E-state index >= 15 is 0 Å². The smallest absolute Gasteiger partial charge is 0.126 e. The van der Waals surface area contributed by atoms with Gasteiger partial charge in [0.05, 0.1) is 0 Å². The van der Waals surface area contributed by atoms with Crippen LogP contribution in [0.2, 0.25) is 0 Å². The Hall–Kier alpha value is -1.09. The van der Waals surface area contributed by atoms with Crippen molar-refractivity contribution in [2.24, 2.45) is 0 Å². The first-order valence-corrected chi connectivity index (χ1v) is 5.80. The molecule has 0 spiro atoms. The molecular formula is C13H18FNO. The van der Waals surface area contributed by atoms with E-state index in [4.69, 9.17) is 0 Å². The molecule has 1 aliphatic rings. The largest absolute Gasteiger partial charge is 0.507 e. The van der Waals surface area contributed by atoms with E-state index in [2.05, 4.69) is 5.32 Å². The summed E-state index contributed by atoms with van der Waals surface area (Å²) in [6.45, 7) is 5.40. The van der Waals surface area contributed by atoms with Crippen LogP contribution in [0.15, 0.2) is 6.07 Å². The Morgan fingerprint density at radius 1 is 1.31 bits per heavy atom. The van der Waals surface area contributed by atoms with Crippen molar-refractivity contribution in [1.82, 2.24) is 5.32 Å². The molecule has 2 nitrogen and oxygen atoms in total. The van der Waals surface area contributed by atoms with Gasteiger partial charge in [0.2, 0.25) is 0 Å². The lowest BCUT2D eigenvalue weighted by Crippen LogP contribution is -2.27. The highest BCUT2D eigenvalue weighted by atomic mass is 19.1. The number of nitrogens with one attached hydrogen (secondary N) is 1. The van der Waals surface area contributed by atoms with Gasteiger partial charge in [-0.25, -0.2) is 4.39 Å². The maximum absolute atomic E-state index is 13.6. The molecule has 1 aromatic carbocycles. The van der Waals surface area contributed by atoms with Gasteiger partial charge in [0.1, 0.15) is 11.6 Å². The molecule has 1 heterocycles. The minimum Gasteiger partial charge on any atom is -0.507 e. The molecular weight excluding hydrogens is 205 g/mol. The van der Waals surface area contributed by atoms with E-state index < -0.39 is 0 Å². The second-order valence-corrected chi connectivity index (χ2v) is 4.59. The lowest BCUT2D eigenvalue weighted by molar-refractivity contribution is 0.417. The lowest BCUT2D eigenvalue weighted by Gasteiger charge is -2.26. The molecule has 0 unspecified atom stereocenters. The number of benzene rings is 1. The van der Waals surface area contributed by atoms with E-state index in [1.807, 2.05) is 0 Å². The molecule has 0 bridgehead atoms. The van der Waals surface area contributed by atoms with Crippen LogP contribution in [0, 0.1) is 19.7 Å². The number of aryl methyl sites for hydroxylation is 1. The minimum absolute atomic E-state index is 0.205. The van der Waals surface area contributed by atoms with E-state index in [9.17, 15) is 9.50 Å². The molecule has 0 radical (unpaired) electrons. The Bertz CT molecular complexity index is 371. The summed E-state index contributed by atoms with van der Waals surface area (Å²) in [5.41, 5.74) is 2.06. The molecule has 0 atom stereocenters.